The van der Waals surface area contributed by atoms with E-state index in [-0.39, 0.29) is 11.9 Å². The number of ether oxygens (including phenoxy) is 1. The lowest BCUT2D eigenvalue weighted by atomic mass is 10.2. The fourth-order valence-corrected chi connectivity index (χ4v) is 1.81. The zero-order chi connectivity index (χ0) is 15.7. The third-order valence-electron chi connectivity index (χ3n) is 3.09. The maximum atomic E-state index is 11.9. The number of hydrogen-bond donors (Lipinski definition) is 2. The molecule has 116 valence electrons. The van der Waals surface area contributed by atoms with Crippen molar-refractivity contribution in [2.75, 3.05) is 33.3 Å². The molecule has 3 amide bonds. The molecule has 2 N–H and O–H groups in total. The second-order valence-electron chi connectivity index (χ2n) is 4.39. The highest BCUT2D eigenvalue weighted by Crippen LogP contribution is 2.10. The van der Waals surface area contributed by atoms with Gasteiger partial charge in [-0.3, -0.25) is 4.79 Å². The van der Waals surface area contributed by atoms with E-state index in [2.05, 4.69) is 10.6 Å². The molecule has 0 radical (unpaired) electrons. The summed E-state index contributed by atoms with van der Waals surface area (Å²) in [6.45, 7) is 5.97. The predicted octanol–water partition coefficient (Wildman–Crippen LogP) is 1.48. The van der Waals surface area contributed by atoms with Crippen LogP contribution >= 0.6 is 0 Å². The van der Waals surface area contributed by atoms with Crippen molar-refractivity contribution in [2.24, 2.45) is 0 Å². The van der Waals surface area contributed by atoms with Crippen LogP contribution < -0.4 is 15.4 Å². The number of amides is 3. The van der Waals surface area contributed by atoms with Crippen LogP contribution in [0.5, 0.6) is 5.75 Å². The molecule has 21 heavy (non-hydrogen) atoms. The molecule has 1 rings (SSSR count). The van der Waals surface area contributed by atoms with Gasteiger partial charge in [-0.05, 0) is 38.1 Å². The van der Waals surface area contributed by atoms with E-state index in [1.54, 1.807) is 36.3 Å². The maximum Gasteiger partial charge on any atom is 0.317 e. The van der Waals surface area contributed by atoms with Crippen molar-refractivity contribution in [3.63, 3.8) is 0 Å². The summed E-state index contributed by atoms with van der Waals surface area (Å²) in [4.78, 5) is 25.2. The number of rotatable bonds is 7. The zero-order valence-electron chi connectivity index (χ0n) is 12.8. The van der Waals surface area contributed by atoms with Crippen molar-refractivity contribution in [3.8, 4) is 5.75 Å². The van der Waals surface area contributed by atoms with Crippen LogP contribution in [-0.4, -0.2) is 50.1 Å². The summed E-state index contributed by atoms with van der Waals surface area (Å²) in [5, 5.41) is 5.52. The standard InChI is InChI=1S/C15H23N3O3/c1-4-18(5-2)15(20)17-11-10-16-14(19)12-6-8-13(21-3)9-7-12/h6-9H,4-5,10-11H2,1-3H3,(H,16,19)(H,17,20). The number of carbonyl (C=O) groups excluding carboxylic acids is 2. The number of methoxy groups -OCH3 is 1. The van der Waals surface area contributed by atoms with Crippen LogP contribution in [0.1, 0.15) is 24.2 Å². The molecule has 0 aliphatic carbocycles. The zero-order valence-corrected chi connectivity index (χ0v) is 12.8. The molecule has 0 aromatic heterocycles. The van der Waals surface area contributed by atoms with Crippen molar-refractivity contribution in [3.05, 3.63) is 29.8 Å². The molecule has 1 aromatic rings. The van der Waals surface area contributed by atoms with Gasteiger partial charge in [0.25, 0.3) is 5.91 Å². The number of benzene rings is 1. The number of nitrogens with one attached hydrogen (secondary N) is 2. The lowest BCUT2D eigenvalue weighted by molar-refractivity contribution is 0.0953. The molecule has 0 aliphatic heterocycles. The summed E-state index contributed by atoms with van der Waals surface area (Å²) in [7, 11) is 1.58. The van der Waals surface area contributed by atoms with Crippen LogP contribution in [0.4, 0.5) is 4.79 Å². The van der Waals surface area contributed by atoms with Crippen molar-refractivity contribution in [2.45, 2.75) is 13.8 Å². The van der Waals surface area contributed by atoms with Crippen LogP contribution in [0.2, 0.25) is 0 Å². The molecule has 0 saturated carbocycles. The van der Waals surface area contributed by atoms with Gasteiger partial charge >= 0.3 is 6.03 Å². The molecule has 6 nitrogen and oxygen atoms in total. The van der Waals surface area contributed by atoms with Gasteiger partial charge in [0, 0.05) is 31.7 Å². The first-order valence-electron chi connectivity index (χ1n) is 7.07. The summed E-state index contributed by atoms with van der Waals surface area (Å²) in [5.74, 6) is 0.535. The van der Waals surface area contributed by atoms with Crippen LogP contribution in [0.25, 0.3) is 0 Å². The van der Waals surface area contributed by atoms with E-state index >= 15 is 0 Å². The highest BCUT2D eigenvalue weighted by Gasteiger charge is 2.08. The van der Waals surface area contributed by atoms with Gasteiger partial charge in [0.15, 0.2) is 0 Å². The molecule has 0 saturated heterocycles. The number of nitrogens with zero attached hydrogens (tertiary/aromatic N) is 1. The van der Waals surface area contributed by atoms with Gasteiger partial charge in [0.05, 0.1) is 7.11 Å². The average molecular weight is 293 g/mol. The highest BCUT2D eigenvalue weighted by molar-refractivity contribution is 5.94. The Morgan fingerprint density at radius 3 is 2.14 bits per heavy atom. The Kier molecular flexibility index (Phi) is 7.08. The van der Waals surface area contributed by atoms with Gasteiger partial charge < -0.3 is 20.3 Å². The second-order valence-corrected chi connectivity index (χ2v) is 4.39. The minimum atomic E-state index is -0.172. The topological polar surface area (TPSA) is 70.7 Å². The monoisotopic (exact) mass is 293 g/mol. The van der Waals surface area contributed by atoms with Crippen LogP contribution in [0, 0.1) is 0 Å². The fraction of sp³-hybridized carbons (Fsp3) is 0.467. The summed E-state index contributed by atoms with van der Waals surface area (Å²) < 4.78 is 5.03. The average Bonchev–Trinajstić information content (AvgIpc) is 2.52. The maximum absolute atomic E-state index is 11.9. The van der Waals surface area contributed by atoms with Gasteiger partial charge in [0.1, 0.15) is 5.75 Å². The van der Waals surface area contributed by atoms with E-state index in [0.717, 1.165) is 0 Å². The Balaban J connectivity index is 2.31. The van der Waals surface area contributed by atoms with E-state index in [1.807, 2.05) is 13.8 Å². The number of hydrogen-bond acceptors (Lipinski definition) is 3. The van der Waals surface area contributed by atoms with E-state index in [4.69, 9.17) is 4.74 Å². The quantitative estimate of drug-likeness (QED) is 0.748. The first-order chi connectivity index (χ1) is 10.1. The molecule has 0 bridgehead atoms. The number of urea groups is 1. The molecule has 1 aromatic carbocycles. The van der Waals surface area contributed by atoms with Gasteiger partial charge in [-0.1, -0.05) is 0 Å². The Morgan fingerprint density at radius 1 is 1.05 bits per heavy atom. The lowest BCUT2D eigenvalue weighted by Crippen LogP contribution is -2.42. The van der Waals surface area contributed by atoms with E-state index in [1.165, 1.54) is 0 Å². The lowest BCUT2D eigenvalue weighted by Gasteiger charge is -2.19. The van der Waals surface area contributed by atoms with Gasteiger partial charge in [-0.2, -0.15) is 0 Å². The van der Waals surface area contributed by atoms with E-state index in [9.17, 15) is 9.59 Å². The van der Waals surface area contributed by atoms with E-state index in [0.29, 0.717) is 37.5 Å². The Labute approximate surface area is 125 Å². The van der Waals surface area contributed by atoms with Gasteiger partial charge in [0.2, 0.25) is 0 Å². The fourth-order valence-electron chi connectivity index (χ4n) is 1.81. The Bertz CT molecular complexity index is 456. The minimum absolute atomic E-state index is 0.112. The molecule has 6 heteroatoms. The third kappa shape index (κ3) is 5.33. The second kappa shape index (κ2) is 8.84. The predicted molar refractivity (Wildman–Crippen MR) is 81.6 cm³/mol. The first kappa shape index (κ1) is 16.8. The summed E-state index contributed by atoms with van der Waals surface area (Å²) in [6.07, 6.45) is 0. The summed E-state index contributed by atoms with van der Waals surface area (Å²) in [6, 6.07) is 6.75. The molecule has 0 fully saturated rings. The Morgan fingerprint density at radius 2 is 1.62 bits per heavy atom. The molecule has 0 unspecified atom stereocenters. The minimum Gasteiger partial charge on any atom is -0.497 e. The number of carbonyl (C=O) groups is 2. The van der Waals surface area contributed by atoms with Gasteiger partial charge in [-0.15, -0.1) is 0 Å². The smallest absolute Gasteiger partial charge is 0.317 e. The van der Waals surface area contributed by atoms with Crippen molar-refractivity contribution in [1.82, 2.24) is 15.5 Å². The highest BCUT2D eigenvalue weighted by atomic mass is 16.5. The Hall–Kier alpha value is -2.24. The summed E-state index contributed by atoms with van der Waals surface area (Å²) in [5.41, 5.74) is 0.561. The summed E-state index contributed by atoms with van der Waals surface area (Å²) >= 11 is 0. The van der Waals surface area contributed by atoms with Crippen LogP contribution in [0.3, 0.4) is 0 Å². The molecule has 0 spiro atoms. The SMILES string of the molecule is CCN(CC)C(=O)NCCNC(=O)c1ccc(OC)cc1. The molecular formula is C15H23N3O3. The molecular weight excluding hydrogens is 270 g/mol. The third-order valence-corrected chi connectivity index (χ3v) is 3.09. The largest absolute Gasteiger partial charge is 0.497 e. The first-order valence-corrected chi connectivity index (χ1v) is 7.07. The molecule has 0 aliphatic rings. The van der Waals surface area contributed by atoms with E-state index < -0.39 is 0 Å². The van der Waals surface area contributed by atoms with Crippen molar-refractivity contribution >= 4 is 11.9 Å². The normalized spacial score (nSPS) is 9.86. The molecule has 0 heterocycles. The van der Waals surface area contributed by atoms with Gasteiger partial charge in [-0.25, -0.2) is 4.79 Å². The van der Waals surface area contributed by atoms with Crippen LogP contribution in [-0.2, 0) is 0 Å². The molecule has 0 atom stereocenters. The van der Waals surface area contributed by atoms with Crippen molar-refractivity contribution in [1.29, 1.82) is 0 Å². The van der Waals surface area contributed by atoms with Crippen LogP contribution in [0.15, 0.2) is 24.3 Å². The van der Waals surface area contributed by atoms with Crippen molar-refractivity contribution < 1.29 is 14.3 Å².